The predicted octanol–water partition coefficient (Wildman–Crippen LogP) is 7.75. The summed E-state index contributed by atoms with van der Waals surface area (Å²) in [5.74, 6) is 1.16. The molecule has 242 valence electrons. The first-order valence-electron chi connectivity index (χ1n) is 15.8. The zero-order valence-corrected chi connectivity index (χ0v) is 27.9. The number of hydrogen-bond donors (Lipinski definition) is 3. The van der Waals surface area contributed by atoms with Crippen LogP contribution in [-0.2, 0) is 11.2 Å². The van der Waals surface area contributed by atoms with Crippen LogP contribution in [0.25, 0.3) is 10.9 Å². The second kappa shape index (κ2) is 13.9. The Morgan fingerprint density at radius 1 is 1.00 bits per heavy atom. The lowest BCUT2D eigenvalue weighted by Crippen LogP contribution is -2.64. The molecule has 10 heteroatoms. The Hall–Kier alpha value is -4.05. The molecule has 3 N–H and O–H groups in total. The van der Waals surface area contributed by atoms with Crippen molar-refractivity contribution in [2.45, 2.75) is 80.2 Å². The summed E-state index contributed by atoms with van der Waals surface area (Å²) >= 11 is 0. The number of ether oxygens (including phenoxy) is 1. The van der Waals surface area contributed by atoms with E-state index in [0.717, 1.165) is 42.6 Å². The molecule has 2 aromatic carbocycles. The molecule has 0 fully saturated rings. The first-order chi connectivity index (χ1) is 21.3. The molecule has 0 aliphatic rings. The van der Waals surface area contributed by atoms with Crippen molar-refractivity contribution < 1.29 is 13.9 Å². The van der Waals surface area contributed by atoms with Gasteiger partial charge < -0.3 is 15.4 Å². The van der Waals surface area contributed by atoms with Crippen molar-refractivity contribution in [1.29, 1.82) is 0 Å². The van der Waals surface area contributed by atoms with Crippen LogP contribution < -0.4 is 15.4 Å². The number of carbonyl (C=O) groups is 1. The average Bonchev–Trinajstić information content (AvgIpc) is 3.39. The van der Waals surface area contributed by atoms with Gasteiger partial charge in [-0.15, -0.1) is 0 Å². The summed E-state index contributed by atoms with van der Waals surface area (Å²) < 4.78 is 19.6. The first-order valence-corrected chi connectivity index (χ1v) is 15.8. The highest BCUT2D eigenvalue weighted by molar-refractivity contribution is 5.93. The van der Waals surface area contributed by atoms with Crippen molar-refractivity contribution in [3.63, 3.8) is 0 Å². The molecule has 0 radical (unpaired) electrons. The Morgan fingerprint density at radius 3 is 2.42 bits per heavy atom. The van der Waals surface area contributed by atoms with Gasteiger partial charge >= 0.3 is 0 Å². The second-order valence-corrected chi connectivity index (χ2v) is 13.5. The number of aromatic amines is 1. The molecule has 4 aromatic rings. The first kappa shape index (κ1) is 33.8. The van der Waals surface area contributed by atoms with Gasteiger partial charge in [-0.25, -0.2) is 14.4 Å². The molecule has 1 amide bonds. The van der Waals surface area contributed by atoms with E-state index < -0.39 is 5.82 Å². The summed E-state index contributed by atoms with van der Waals surface area (Å²) in [5, 5.41) is 13.9. The number of H-pyrrole nitrogens is 1. The van der Waals surface area contributed by atoms with Gasteiger partial charge in [-0.2, -0.15) is 5.10 Å². The predicted molar refractivity (Wildman–Crippen MR) is 179 cm³/mol. The molecule has 45 heavy (non-hydrogen) atoms. The maximum atomic E-state index is 13.4. The third-order valence-electron chi connectivity index (χ3n) is 8.70. The van der Waals surface area contributed by atoms with Crippen LogP contribution in [0.2, 0.25) is 0 Å². The van der Waals surface area contributed by atoms with Crippen LogP contribution in [0.15, 0.2) is 54.9 Å². The number of fused-ring (bicyclic) bond motifs is 1. The highest BCUT2D eigenvalue weighted by Gasteiger charge is 2.52. The Balaban J connectivity index is 1.36. The smallest absolute Gasteiger partial charge is 0.230 e. The van der Waals surface area contributed by atoms with Crippen molar-refractivity contribution >= 4 is 34.1 Å². The van der Waals surface area contributed by atoms with Gasteiger partial charge in [0.25, 0.3) is 0 Å². The van der Waals surface area contributed by atoms with Gasteiger partial charge in [-0.05, 0) is 60.5 Å². The van der Waals surface area contributed by atoms with Gasteiger partial charge in [0.2, 0.25) is 5.91 Å². The molecule has 9 nitrogen and oxygen atoms in total. The number of rotatable bonds is 13. The van der Waals surface area contributed by atoms with E-state index in [1.54, 1.807) is 18.2 Å². The van der Waals surface area contributed by atoms with Gasteiger partial charge in [0.15, 0.2) is 5.82 Å². The summed E-state index contributed by atoms with van der Waals surface area (Å²) in [5.41, 5.74) is 2.05. The molecular weight excluding hydrogens is 569 g/mol. The average molecular weight is 618 g/mol. The van der Waals surface area contributed by atoms with E-state index in [4.69, 9.17) is 4.74 Å². The summed E-state index contributed by atoms with van der Waals surface area (Å²) in [6, 6.07) is 13.3. The van der Waals surface area contributed by atoms with Crippen molar-refractivity contribution in [2.75, 3.05) is 30.3 Å². The minimum absolute atomic E-state index is 0.0538. The standard InChI is InChI=1S/C35H48FN7O2/c1-9-35(33(3,4)5,34(6,7)8)43(10-2)17-12-18-45-27-15-16-28-29(22-27)37-23-38-32(28)40-30-20-26(41-42-30)21-31(44)39-25-14-11-13-24(36)19-25/h11,13-16,19-20,22-23H,9-10,12,17-18,21H2,1-8H3,(H,39,44)(H2,37,38,40,41,42). The second-order valence-electron chi connectivity index (χ2n) is 13.5. The van der Waals surface area contributed by atoms with E-state index in [1.807, 2.05) is 18.2 Å². The van der Waals surface area contributed by atoms with Crippen molar-refractivity contribution in [2.24, 2.45) is 10.8 Å². The summed E-state index contributed by atoms with van der Waals surface area (Å²) in [6.07, 6.45) is 3.55. The molecule has 0 saturated heterocycles. The monoisotopic (exact) mass is 617 g/mol. The van der Waals surface area contributed by atoms with Crippen LogP contribution in [0.3, 0.4) is 0 Å². The maximum Gasteiger partial charge on any atom is 0.230 e. The van der Waals surface area contributed by atoms with E-state index >= 15 is 0 Å². The van der Waals surface area contributed by atoms with Crippen LogP contribution in [0.4, 0.5) is 21.7 Å². The zero-order chi connectivity index (χ0) is 32.8. The molecule has 0 atom stereocenters. The quantitative estimate of drug-likeness (QED) is 0.132. The van der Waals surface area contributed by atoms with Crippen molar-refractivity contribution in [3.05, 3.63) is 66.4 Å². The van der Waals surface area contributed by atoms with Crippen LogP contribution in [0, 0.1) is 16.6 Å². The zero-order valence-electron chi connectivity index (χ0n) is 27.9. The molecule has 2 heterocycles. The summed E-state index contributed by atoms with van der Waals surface area (Å²) in [6.45, 7) is 21.3. The van der Waals surface area contributed by atoms with E-state index in [2.05, 4.69) is 91.1 Å². The number of benzene rings is 2. The molecule has 0 bridgehead atoms. The SMILES string of the molecule is CCN(CCCOc1ccc2c(Nc3cc(CC(=O)Nc4cccc(F)c4)[nH]n3)ncnc2c1)C(CC)(C(C)(C)C)C(C)(C)C. The third kappa shape index (κ3) is 7.79. The fourth-order valence-corrected chi connectivity index (χ4v) is 7.23. The number of nitrogens with one attached hydrogen (secondary N) is 3. The third-order valence-corrected chi connectivity index (χ3v) is 8.70. The number of nitrogens with zero attached hydrogens (tertiary/aromatic N) is 4. The van der Waals surface area contributed by atoms with E-state index in [1.165, 1.54) is 18.5 Å². The lowest BCUT2D eigenvalue weighted by Gasteiger charge is -2.59. The number of anilines is 3. The largest absolute Gasteiger partial charge is 0.493 e. The number of amides is 1. The fourth-order valence-electron chi connectivity index (χ4n) is 7.23. The van der Waals surface area contributed by atoms with Crippen LogP contribution >= 0.6 is 0 Å². The number of aromatic nitrogens is 4. The lowest BCUT2D eigenvalue weighted by atomic mass is 9.57. The molecular formula is C35H48FN7O2. The number of halogens is 1. The van der Waals surface area contributed by atoms with Gasteiger partial charge in [-0.3, -0.25) is 14.8 Å². The topological polar surface area (TPSA) is 108 Å². The molecule has 0 unspecified atom stereocenters. The normalized spacial score (nSPS) is 12.5. The lowest BCUT2D eigenvalue weighted by molar-refractivity contribution is -0.115. The van der Waals surface area contributed by atoms with Gasteiger partial charge in [0, 0.05) is 41.0 Å². The summed E-state index contributed by atoms with van der Waals surface area (Å²) in [7, 11) is 0. The number of hydrogen-bond acceptors (Lipinski definition) is 7. The van der Waals surface area contributed by atoms with Gasteiger partial charge in [-0.1, -0.05) is 61.5 Å². The Labute approximate surface area is 266 Å². The molecule has 0 saturated carbocycles. The van der Waals surface area contributed by atoms with Crippen molar-refractivity contribution in [3.8, 4) is 5.75 Å². The van der Waals surface area contributed by atoms with Crippen LogP contribution in [0.1, 0.15) is 73.9 Å². The molecule has 2 aromatic heterocycles. The van der Waals surface area contributed by atoms with Crippen molar-refractivity contribution in [1.82, 2.24) is 25.1 Å². The Kier molecular flexibility index (Phi) is 10.5. The fraction of sp³-hybridized carbons (Fsp3) is 0.486. The Morgan fingerprint density at radius 2 is 1.76 bits per heavy atom. The van der Waals surface area contributed by atoms with E-state index in [9.17, 15) is 9.18 Å². The van der Waals surface area contributed by atoms with E-state index in [0.29, 0.717) is 29.6 Å². The minimum Gasteiger partial charge on any atom is -0.493 e. The highest BCUT2D eigenvalue weighted by atomic mass is 19.1. The maximum absolute atomic E-state index is 13.4. The van der Waals surface area contributed by atoms with Crippen LogP contribution in [0.5, 0.6) is 5.75 Å². The van der Waals surface area contributed by atoms with Crippen LogP contribution in [-0.4, -0.2) is 56.2 Å². The number of carbonyl (C=O) groups excluding carboxylic acids is 1. The molecule has 0 spiro atoms. The molecule has 4 rings (SSSR count). The molecule has 0 aliphatic heterocycles. The Bertz CT molecular complexity index is 1570. The van der Waals surface area contributed by atoms with Gasteiger partial charge in [0.1, 0.15) is 23.7 Å². The van der Waals surface area contributed by atoms with E-state index in [-0.39, 0.29) is 28.7 Å². The minimum atomic E-state index is -0.411. The molecule has 0 aliphatic carbocycles. The van der Waals surface area contributed by atoms with Gasteiger partial charge in [0.05, 0.1) is 18.5 Å². The highest BCUT2D eigenvalue weighted by Crippen LogP contribution is 2.50. The summed E-state index contributed by atoms with van der Waals surface area (Å²) in [4.78, 5) is 23.9.